The molecule has 0 radical (unpaired) electrons. The van der Waals surface area contributed by atoms with E-state index in [-0.39, 0.29) is 0 Å². The summed E-state index contributed by atoms with van der Waals surface area (Å²) in [4.78, 5) is 7.00. The van der Waals surface area contributed by atoms with Gasteiger partial charge >= 0.3 is 0 Å². The molecule has 0 bridgehead atoms. The summed E-state index contributed by atoms with van der Waals surface area (Å²) in [6.07, 6.45) is 3.25. The van der Waals surface area contributed by atoms with Crippen molar-refractivity contribution < 1.29 is 0 Å². The molecule has 1 saturated heterocycles. The minimum absolute atomic E-state index is 0.406. The van der Waals surface area contributed by atoms with E-state index in [1.165, 1.54) is 25.2 Å². The van der Waals surface area contributed by atoms with Gasteiger partial charge in [-0.15, -0.1) is 0 Å². The van der Waals surface area contributed by atoms with E-state index in [1.807, 2.05) is 6.20 Å². The minimum Gasteiger partial charge on any atom is -0.371 e. The first kappa shape index (κ1) is 16.3. The van der Waals surface area contributed by atoms with Crippen molar-refractivity contribution in [3.63, 3.8) is 0 Å². The largest absolute Gasteiger partial charge is 0.371 e. The Kier molecular flexibility index (Phi) is 5.26. The molecule has 1 atom stereocenters. The zero-order chi connectivity index (χ0) is 15.5. The highest BCUT2D eigenvalue weighted by molar-refractivity contribution is 5.47. The van der Waals surface area contributed by atoms with Crippen LogP contribution in [0.15, 0.2) is 18.3 Å². The highest BCUT2D eigenvalue weighted by Crippen LogP contribution is 2.35. The van der Waals surface area contributed by atoms with Crippen LogP contribution >= 0.6 is 0 Å². The van der Waals surface area contributed by atoms with Gasteiger partial charge < -0.3 is 10.2 Å². The van der Waals surface area contributed by atoms with Crippen molar-refractivity contribution in [2.75, 3.05) is 24.5 Å². The van der Waals surface area contributed by atoms with Crippen LogP contribution in [0.2, 0.25) is 0 Å². The first-order valence-corrected chi connectivity index (χ1v) is 8.27. The van der Waals surface area contributed by atoms with Crippen molar-refractivity contribution in [1.82, 2.24) is 10.3 Å². The summed E-state index contributed by atoms with van der Waals surface area (Å²) < 4.78 is 0. The third-order valence-corrected chi connectivity index (χ3v) is 4.44. The smallest absolute Gasteiger partial charge is 0.0562 e. The lowest BCUT2D eigenvalue weighted by Gasteiger charge is -2.27. The van der Waals surface area contributed by atoms with Crippen LogP contribution in [-0.2, 0) is 6.54 Å². The Bertz CT molecular complexity index is 448. The summed E-state index contributed by atoms with van der Waals surface area (Å²) in [5, 5.41) is 3.47. The van der Waals surface area contributed by atoms with Crippen LogP contribution in [0, 0.1) is 17.3 Å². The van der Waals surface area contributed by atoms with E-state index in [0.717, 1.165) is 24.7 Å². The van der Waals surface area contributed by atoms with Crippen molar-refractivity contribution in [1.29, 1.82) is 0 Å². The van der Waals surface area contributed by atoms with Gasteiger partial charge in [0.2, 0.25) is 0 Å². The van der Waals surface area contributed by atoms with E-state index in [0.29, 0.717) is 11.3 Å². The number of rotatable bonds is 5. The fourth-order valence-corrected chi connectivity index (χ4v) is 2.95. The average Bonchev–Trinajstić information content (AvgIpc) is 2.88. The van der Waals surface area contributed by atoms with Crippen LogP contribution in [0.5, 0.6) is 0 Å². The van der Waals surface area contributed by atoms with Gasteiger partial charge in [0.15, 0.2) is 0 Å². The summed E-state index contributed by atoms with van der Waals surface area (Å²) >= 11 is 0. The monoisotopic (exact) mass is 289 g/mol. The minimum atomic E-state index is 0.406. The van der Waals surface area contributed by atoms with Crippen LogP contribution in [0.3, 0.4) is 0 Å². The molecule has 0 aromatic carbocycles. The molecule has 2 heterocycles. The second-order valence-corrected chi connectivity index (χ2v) is 7.83. The molecule has 1 unspecified atom stereocenters. The number of aromatic nitrogens is 1. The number of hydrogen-bond donors (Lipinski definition) is 1. The maximum atomic E-state index is 4.49. The molecule has 118 valence electrons. The molecule has 1 N–H and O–H groups in total. The summed E-state index contributed by atoms with van der Waals surface area (Å²) in [5.41, 5.74) is 2.88. The first-order chi connectivity index (χ1) is 9.86. The molecule has 1 aliphatic heterocycles. The van der Waals surface area contributed by atoms with E-state index in [1.54, 1.807) is 0 Å². The fourth-order valence-electron chi connectivity index (χ4n) is 2.95. The highest BCUT2D eigenvalue weighted by atomic mass is 15.2. The topological polar surface area (TPSA) is 28.2 Å². The predicted octanol–water partition coefficient (Wildman–Crippen LogP) is 3.70. The van der Waals surface area contributed by atoms with E-state index in [4.69, 9.17) is 0 Å². The Balaban J connectivity index is 1.95. The highest BCUT2D eigenvalue weighted by Gasteiger charge is 2.31. The number of pyridine rings is 1. The maximum Gasteiger partial charge on any atom is 0.0562 e. The lowest BCUT2D eigenvalue weighted by molar-refractivity contribution is 0.263. The molecule has 0 saturated carbocycles. The molecule has 1 fully saturated rings. The molecule has 3 heteroatoms. The average molecular weight is 289 g/mol. The van der Waals surface area contributed by atoms with E-state index in [9.17, 15) is 0 Å². The normalized spacial score (nSPS) is 19.5. The number of nitrogens with zero attached hydrogens (tertiary/aromatic N) is 2. The predicted molar refractivity (Wildman–Crippen MR) is 90.6 cm³/mol. The maximum absolute atomic E-state index is 4.49. The summed E-state index contributed by atoms with van der Waals surface area (Å²) in [6, 6.07) is 4.40. The van der Waals surface area contributed by atoms with Crippen LogP contribution in [-0.4, -0.2) is 24.6 Å². The molecule has 0 aliphatic carbocycles. The number of nitrogens with one attached hydrogen (secondary N) is 1. The van der Waals surface area contributed by atoms with Gasteiger partial charge in [-0.05, 0) is 42.3 Å². The van der Waals surface area contributed by atoms with Gasteiger partial charge in [-0.1, -0.05) is 34.6 Å². The molecule has 2 rings (SSSR count). The standard InChI is InChI=1S/C18H31N3/c1-14(2)11-19-12-16-10-17(6-8-20-16)21-9-7-15(13-21)18(3,4)5/h6,8,10,14-15,19H,7,9,11-13H2,1-5H3. The molecule has 0 spiro atoms. The third kappa shape index (κ3) is 4.70. The zero-order valence-corrected chi connectivity index (χ0v) is 14.3. The van der Waals surface area contributed by atoms with Gasteiger partial charge in [-0.25, -0.2) is 0 Å². The SMILES string of the molecule is CC(C)CNCc1cc(N2CCC(C(C)(C)C)C2)ccn1. The van der Waals surface area contributed by atoms with Gasteiger partial charge in [-0.2, -0.15) is 0 Å². The molecule has 1 aromatic heterocycles. The van der Waals surface area contributed by atoms with Crippen LogP contribution < -0.4 is 10.2 Å². The van der Waals surface area contributed by atoms with Gasteiger partial charge in [-0.3, -0.25) is 4.98 Å². The number of anilines is 1. The first-order valence-electron chi connectivity index (χ1n) is 8.27. The Morgan fingerprint density at radius 1 is 1.38 bits per heavy atom. The summed E-state index contributed by atoms with van der Waals surface area (Å²) in [6.45, 7) is 15.8. The second kappa shape index (κ2) is 6.78. The Labute approximate surface area is 130 Å². The molecular weight excluding hydrogens is 258 g/mol. The fraction of sp³-hybridized carbons (Fsp3) is 0.722. The van der Waals surface area contributed by atoms with E-state index >= 15 is 0 Å². The lowest BCUT2D eigenvalue weighted by Crippen LogP contribution is -2.26. The summed E-state index contributed by atoms with van der Waals surface area (Å²) in [7, 11) is 0. The van der Waals surface area contributed by atoms with Crippen molar-refractivity contribution in [2.45, 2.75) is 47.6 Å². The number of hydrogen-bond acceptors (Lipinski definition) is 3. The van der Waals surface area contributed by atoms with Crippen molar-refractivity contribution in [3.8, 4) is 0 Å². The van der Waals surface area contributed by atoms with Crippen LogP contribution in [0.25, 0.3) is 0 Å². The lowest BCUT2D eigenvalue weighted by atomic mass is 9.80. The van der Waals surface area contributed by atoms with Gasteiger partial charge in [0, 0.05) is 31.5 Å². The van der Waals surface area contributed by atoms with Crippen molar-refractivity contribution in [2.24, 2.45) is 17.3 Å². The molecule has 1 aromatic rings. The second-order valence-electron chi connectivity index (χ2n) is 7.83. The third-order valence-electron chi connectivity index (χ3n) is 4.44. The zero-order valence-electron chi connectivity index (χ0n) is 14.3. The van der Waals surface area contributed by atoms with Crippen molar-refractivity contribution in [3.05, 3.63) is 24.0 Å². The van der Waals surface area contributed by atoms with Gasteiger partial charge in [0.05, 0.1) is 5.69 Å². The van der Waals surface area contributed by atoms with E-state index < -0.39 is 0 Å². The van der Waals surface area contributed by atoms with Crippen molar-refractivity contribution >= 4 is 5.69 Å². The Morgan fingerprint density at radius 2 is 2.14 bits per heavy atom. The van der Waals surface area contributed by atoms with Gasteiger partial charge in [0.1, 0.15) is 0 Å². The molecule has 3 nitrogen and oxygen atoms in total. The summed E-state index contributed by atoms with van der Waals surface area (Å²) in [5.74, 6) is 1.47. The molecule has 1 aliphatic rings. The van der Waals surface area contributed by atoms with Crippen LogP contribution in [0.1, 0.15) is 46.7 Å². The van der Waals surface area contributed by atoms with Crippen LogP contribution in [0.4, 0.5) is 5.69 Å². The Morgan fingerprint density at radius 3 is 2.76 bits per heavy atom. The molecule has 21 heavy (non-hydrogen) atoms. The van der Waals surface area contributed by atoms with E-state index in [2.05, 4.69) is 62.0 Å². The van der Waals surface area contributed by atoms with Gasteiger partial charge in [0.25, 0.3) is 0 Å². The Hall–Kier alpha value is -1.09. The quantitative estimate of drug-likeness (QED) is 0.896. The molecular formula is C18H31N3. The molecule has 0 amide bonds.